The van der Waals surface area contributed by atoms with Gasteiger partial charge in [-0.15, -0.1) is 0 Å². The van der Waals surface area contributed by atoms with Gasteiger partial charge in [-0.05, 0) is 36.5 Å². The summed E-state index contributed by atoms with van der Waals surface area (Å²) >= 11 is 18.4. The van der Waals surface area contributed by atoms with Crippen LogP contribution in [0, 0.1) is 5.82 Å². The molecule has 126 valence electrons. The second kappa shape index (κ2) is 7.66. The SMILES string of the molecule is O=C1/C(=C\c2ccccc2F)SC(=S)N1/N=C/c1c(Cl)cccc1Cl. The van der Waals surface area contributed by atoms with Crippen LogP contribution in [-0.4, -0.2) is 21.5 Å². The highest BCUT2D eigenvalue weighted by atomic mass is 35.5. The fourth-order valence-electron chi connectivity index (χ4n) is 2.04. The van der Waals surface area contributed by atoms with Crippen molar-refractivity contribution in [1.29, 1.82) is 0 Å². The number of hydrogen-bond acceptors (Lipinski definition) is 4. The monoisotopic (exact) mass is 410 g/mol. The summed E-state index contributed by atoms with van der Waals surface area (Å²) in [5, 5.41) is 5.96. The molecule has 1 heterocycles. The van der Waals surface area contributed by atoms with E-state index in [1.54, 1.807) is 36.4 Å². The van der Waals surface area contributed by atoms with E-state index < -0.39 is 11.7 Å². The largest absolute Gasteiger partial charge is 0.286 e. The number of carbonyl (C=O) groups is 1. The zero-order valence-corrected chi connectivity index (χ0v) is 15.6. The molecule has 1 amide bonds. The molecule has 8 heteroatoms. The summed E-state index contributed by atoms with van der Waals surface area (Å²) in [6.07, 6.45) is 2.83. The number of carbonyl (C=O) groups excluding carboxylic acids is 1. The van der Waals surface area contributed by atoms with E-state index in [-0.39, 0.29) is 9.23 Å². The first-order chi connectivity index (χ1) is 12.0. The molecule has 1 saturated heterocycles. The molecule has 0 unspecified atom stereocenters. The Morgan fingerprint density at radius 3 is 2.48 bits per heavy atom. The lowest BCUT2D eigenvalue weighted by atomic mass is 10.2. The standard InChI is InChI=1S/C17H9Cl2FN2OS2/c18-12-5-3-6-13(19)11(12)9-21-22-16(23)15(25-17(22)24)8-10-4-1-2-7-14(10)20/h1-9H/b15-8+,21-9+. The number of rotatable bonds is 3. The fourth-order valence-corrected chi connectivity index (χ4v) is 3.70. The van der Waals surface area contributed by atoms with Crippen LogP contribution in [0.3, 0.4) is 0 Å². The molecule has 0 aromatic heterocycles. The number of halogens is 3. The Kier molecular flexibility index (Phi) is 5.54. The number of thiocarbonyl (C=S) groups is 1. The summed E-state index contributed by atoms with van der Waals surface area (Å²) in [4.78, 5) is 12.8. The molecule has 0 saturated carbocycles. The zero-order chi connectivity index (χ0) is 18.0. The van der Waals surface area contributed by atoms with Crippen molar-refractivity contribution in [2.24, 2.45) is 5.10 Å². The van der Waals surface area contributed by atoms with Crippen LogP contribution in [0.4, 0.5) is 4.39 Å². The smallest absolute Gasteiger partial charge is 0.266 e. The van der Waals surface area contributed by atoms with E-state index >= 15 is 0 Å². The highest BCUT2D eigenvalue weighted by Gasteiger charge is 2.32. The van der Waals surface area contributed by atoms with Gasteiger partial charge in [-0.1, -0.05) is 59.2 Å². The van der Waals surface area contributed by atoms with Gasteiger partial charge in [-0.2, -0.15) is 10.1 Å². The van der Waals surface area contributed by atoms with E-state index in [4.69, 9.17) is 35.4 Å². The Morgan fingerprint density at radius 1 is 1.12 bits per heavy atom. The van der Waals surface area contributed by atoms with E-state index in [2.05, 4.69) is 5.10 Å². The number of amides is 1. The van der Waals surface area contributed by atoms with E-state index in [1.807, 2.05) is 0 Å². The Bertz CT molecular complexity index is 910. The maximum absolute atomic E-state index is 13.8. The molecule has 0 radical (unpaired) electrons. The number of thioether (sulfide) groups is 1. The quantitative estimate of drug-likeness (QED) is 0.387. The average Bonchev–Trinajstić information content (AvgIpc) is 2.83. The van der Waals surface area contributed by atoms with E-state index in [9.17, 15) is 9.18 Å². The Hall–Kier alpha value is -1.73. The van der Waals surface area contributed by atoms with Crippen LogP contribution in [0.2, 0.25) is 10.0 Å². The lowest BCUT2D eigenvalue weighted by Crippen LogP contribution is -2.22. The summed E-state index contributed by atoms with van der Waals surface area (Å²) in [5.74, 6) is -0.850. The highest BCUT2D eigenvalue weighted by molar-refractivity contribution is 8.26. The summed E-state index contributed by atoms with van der Waals surface area (Å²) < 4.78 is 14.0. The minimum absolute atomic E-state index is 0.243. The molecule has 0 bridgehead atoms. The first kappa shape index (κ1) is 18.1. The normalized spacial score (nSPS) is 16.4. The minimum Gasteiger partial charge on any atom is -0.266 e. The number of benzene rings is 2. The summed E-state index contributed by atoms with van der Waals surface area (Å²) in [5.41, 5.74) is 0.791. The van der Waals surface area contributed by atoms with Gasteiger partial charge in [0.05, 0.1) is 21.2 Å². The van der Waals surface area contributed by atoms with Crippen LogP contribution in [0.1, 0.15) is 11.1 Å². The van der Waals surface area contributed by atoms with Crippen LogP contribution in [0.15, 0.2) is 52.5 Å². The summed E-state index contributed by atoms with van der Waals surface area (Å²) in [6.45, 7) is 0. The zero-order valence-electron chi connectivity index (χ0n) is 12.4. The lowest BCUT2D eigenvalue weighted by molar-refractivity contribution is -0.122. The maximum atomic E-state index is 13.8. The Balaban J connectivity index is 1.87. The van der Waals surface area contributed by atoms with Gasteiger partial charge in [0.1, 0.15) is 5.82 Å². The third-order valence-corrected chi connectivity index (χ3v) is 5.21. The fraction of sp³-hybridized carbons (Fsp3) is 0. The second-order valence-electron chi connectivity index (χ2n) is 4.89. The average molecular weight is 411 g/mol. The molecule has 1 aliphatic rings. The van der Waals surface area contributed by atoms with Crippen molar-refractivity contribution in [3.63, 3.8) is 0 Å². The van der Waals surface area contributed by atoms with Crippen LogP contribution in [-0.2, 0) is 4.79 Å². The summed E-state index contributed by atoms with van der Waals surface area (Å²) in [7, 11) is 0. The van der Waals surface area contributed by atoms with Crippen molar-refractivity contribution < 1.29 is 9.18 Å². The number of hydrogen-bond donors (Lipinski definition) is 0. The van der Waals surface area contributed by atoms with Gasteiger partial charge >= 0.3 is 0 Å². The second-order valence-corrected chi connectivity index (χ2v) is 7.39. The molecule has 0 atom stereocenters. The highest BCUT2D eigenvalue weighted by Crippen LogP contribution is 2.33. The van der Waals surface area contributed by atoms with Gasteiger partial charge in [0.25, 0.3) is 5.91 Å². The molecule has 3 rings (SSSR count). The number of hydrazone groups is 1. The van der Waals surface area contributed by atoms with Gasteiger partial charge in [0, 0.05) is 11.1 Å². The topological polar surface area (TPSA) is 32.7 Å². The Morgan fingerprint density at radius 2 is 1.80 bits per heavy atom. The molecule has 1 fully saturated rings. The molecule has 2 aromatic carbocycles. The molecule has 0 aliphatic carbocycles. The van der Waals surface area contributed by atoms with E-state index in [0.717, 1.165) is 16.8 Å². The van der Waals surface area contributed by atoms with E-state index in [0.29, 0.717) is 21.2 Å². The van der Waals surface area contributed by atoms with Gasteiger partial charge in [0.15, 0.2) is 4.32 Å². The van der Waals surface area contributed by atoms with Crippen molar-refractivity contribution in [3.8, 4) is 0 Å². The molecule has 25 heavy (non-hydrogen) atoms. The lowest BCUT2D eigenvalue weighted by Gasteiger charge is -2.07. The van der Waals surface area contributed by atoms with E-state index in [1.165, 1.54) is 18.4 Å². The van der Waals surface area contributed by atoms with Gasteiger partial charge < -0.3 is 0 Å². The third kappa shape index (κ3) is 3.93. The summed E-state index contributed by atoms with van der Waals surface area (Å²) in [6, 6.07) is 11.2. The predicted octanol–water partition coefficient (Wildman–Crippen LogP) is 5.37. The van der Waals surface area contributed by atoms with Gasteiger partial charge in [-0.25, -0.2) is 4.39 Å². The first-order valence-corrected chi connectivity index (χ1v) is 8.96. The predicted molar refractivity (Wildman–Crippen MR) is 105 cm³/mol. The van der Waals surface area contributed by atoms with Crippen molar-refractivity contribution >= 4 is 69.7 Å². The Labute approximate surface area is 163 Å². The van der Waals surface area contributed by atoms with Gasteiger partial charge in [-0.3, -0.25) is 4.79 Å². The minimum atomic E-state index is -0.433. The molecule has 2 aromatic rings. The molecule has 0 N–H and O–H groups in total. The van der Waals surface area contributed by atoms with Crippen LogP contribution in [0.5, 0.6) is 0 Å². The van der Waals surface area contributed by atoms with Crippen molar-refractivity contribution in [3.05, 3.63) is 74.4 Å². The molecule has 1 aliphatic heterocycles. The molecular formula is C17H9Cl2FN2OS2. The molecule has 3 nitrogen and oxygen atoms in total. The van der Waals surface area contributed by atoms with Crippen molar-refractivity contribution in [2.75, 3.05) is 0 Å². The molecular weight excluding hydrogens is 402 g/mol. The number of nitrogens with zero attached hydrogens (tertiary/aromatic N) is 2. The van der Waals surface area contributed by atoms with Crippen LogP contribution >= 0.6 is 47.2 Å². The molecule has 0 spiro atoms. The van der Waals surface area contributed by atoms with Crippen molar-refractivity contribution in [2.45, 2.75) is 0 Å². The van der Waals surface area contributed by atoms with Crippen LogP contribution < -0.4 is 0 Å². The first-order valence-electron chi connectivity index (χ1n) is 6.98. The van der Waals surface area contributed by atoms with Crippen molar-refractivity contribution in [1.82, 2.24) is 5.01 Å². The third-order valence-electron chi connectivity index (χ3n) is 3.27. The van der Waals surface area contributed by atoms with Crippen LogP contribution in [0.25, 0.3) is 6.08 Å². The van der Waals surface area contributed by atoms with Gasteiger partial charge in [0.2, 0.25) is 0 Å². The maximum Gasteiger partial charge on any atom is 0.286 e.